The predicted octanol–water partition coefficient (Wildman–Crippen LogP) is 3.96. The van der Waals surface area contributed by atoms with Crippen molar-refractivity contribution in [3.63, 3.8) is 0 Å². The number of nitrogens with one attached hydrogen (secondary N) is 1. The molecule has 1 N–H and O–H groups in total. The monoisotopic (exact) mass is 365 g/mol. The molecule has 2 aromatic carbocycles. The zero-order valence-corrected chi connectivity index (χ0v) is 16.2. The first-order valence-corrected chi connectivity index (χ1v) is 9.16. The number of ether oxygens (including phenoxy) is 2. The number of aromatic amines is 1. The first-order valence-electron chi connectivity index (χ1n) is 9.16. The Balaban J connectivity index is 1.67. The first-order chi connectivity index (χ1) is 13.2. The SMILES string of the molecule is COc1ccccc1C(OCCN(C)Cc1ccccc1)c1cc(C)[nH]n1. The maximum atomic E-state index is 6.27. The summed E-state index contributed by atoms with van der Waals surface area (Å²) in [4.78, 5) is 2.25. The zero-order chi connectivity index (χ0) is 19.1. The van der Waals surface area contributed by atoms with Gasteiger partial charge in [0.05, 0.1) is 19.4 Å². The number of aryl methyl sites for hydroxylation is 1. The summed E-state index contributed by atoms with van der Waals surface area (Å²) < 4.78 is 11.8. The number of hydrogen-bond acceptors (Lipinski definition) is 4. The fourth-order valence-electron chi connectivity index (χ4n) is 3.09. The van der Waals surface area contributed by atoms with E-state index in [1.54, 1.807) is 7.11 Å². The highest BCUT2D eigenvalue weighted by Crippen LogP contribution is 2.32. The topological polar surface area (TPSA) is 50.4 Å². The van der Waals surface area contributed by atoms with E-state index in [1.807, 2.05) is 43.3 Å². The second kappa shape index (κ2) is 9.35. The van der Waals surface area contributed by atoms with Crippen LogP contribution in [0.15, 0.2) is 60.7 Å². The lowest BCUT2D eigenvalue weighted by molar-refractivity contribution is 0.0597. The number of methoxy groups -OCH3 is 1. The summed E-state index contributed by atoms with van der Waals surface area (Å²) >= 11 is 0. The van der Waals surface area contributed by atoms with Gasteiger partial charge in [0.25, 0.3) is 0 Å². The van der Waals surface area contributed by atoms with Crippen LogP contribution in [-0.2, 0) is 11.3 Å². The van der Waals surface area contributed by atoms with Crippen molar-refractivity contribution in [3.8, 4) is 5.75 Å². The molecule has 0 saturated heterocycles. The maximum absolute atomic E-state index is 6.27. The van der Waals surface area contributed by atoms with E-state index in [1.165, 1.54) is 5.56 Å². The summed E-state index contributed by atoms with van der Waals surface area (Å²) in [5, 5.41) is 7.42. The van der Waals surface area contributed by atoms with Crippen molar-refractivity contribution in [2.45, 2.75) is 19.6 Å². The third-order valence-electron chi connectivity index (χ3n) is 4.47. The van der Waals surface area contributed by atoms with E-state index in [0.717, 1.165) is 35.8 Å². The van der Waals surface area contributed by atoms with Crippen LogP contribution >= 0.6 is 0 Å². The highest BCUT2D eigenvalue weighted by Gasteiger charge is 2.21. The molecule has 0 aliphatic rings. The van der Waals surface area contributed by atoms with E-state index in [4.69, 9.17) is 9.47 Å². The highest BCUT2D eigenvalue weighted by atomic mass is 16.5. The molecule has 0 radical (unpaired) electrons. The van der Waals surface area contributed by atoms with Crippen LogP contribution in [-0.4, -0.2) is 42.4 Å². The Morgan fingerprint density at radius 1 is 1.07 bits per heavy atom. The Bertz CT molecular complexity index is 832. The second-order valence-electron chi connectivity index (χ2n) is 6.69. The smallest absolute Gasteiger partial charge is 0.130 e. The van der Waals surface area contributed by atoms with Gasteiger partial charge in [-0.2, -0.15) is 5.10 Å². The van der Waals surface area contributed by atoms with Crippen molar-refractivity contribution in [3.05, 3.63) is 83.2 Å². The van der Waals surface area contributed by atoms with Gasteiger partial charge in [0, 0.05) is 24.3 Å². The van der Waals surface area contributed by atoms with Gasteiger partial charge in [-0.1, -0.05) is 48.5 Å². The molecule has 1 heterocycles. The molecule has 0 spiro atoms. The molecule has 1 atom stereocenters. The number of nitrogens with zero attached hydrogens (tertiary/aromatic N) is 2. The van der Waals surface area contributed by atoms with E-state index in [0.29, 0.717) is 6.61 Å². The van der Waals surface area contributed by atoms with Crippen LogP contribution < -0.4 is 4.74 Å². The highest BCUT2D eigenvalue weighted by molar-refractivity contribution is 5.39. The van der Waals surface area contributed by atoms with Crippen LogP contribution in [0.1, 0.15) is 28.6 Å². The summed E-state index contributed by atoms with van der Waals surface area (Å²) in [5.74, 6) is 0.806. The molecule has 0 bridgehead atoms. The Morgan fingerprint density at radius 3 is 2.52 bits per heavy atom. The van der Waals surface area contributed by atoms with Gasteiger partial charge in [-0.3, -0.25) is 10.00 Å². The van der Waals surface area contributed by atoms with Crippen molar-refractivity contribution < 1.29 is 9.47 Å². The van der Waals surface area contributed by atoms with Crippen molar-refractivity contribution in [2.24, 2.45) is 0 Å². The molecule has 0 amide bonds. The summed E-state index contributed by atoms with van der Waals surface area (Å²) in [7, 11) is 3.78. The molecule has 1 aromatic heterocycles. The lowest BCUT2D eigenvalue weighted by Crippen LogP contribution is -2.24. The van der Waals surface area contributed by atoms with E-state index in [2.05, 4.69) is 46.4 Å². The first kappa shape index (κ1) is 19.1. The quantitative estimate of drug-likeness (QED) is 0.623. The van der Waals surface area contributed by atoms with E-state index in [9.17, 15) is 0 Å². The lowest BCUT2D eigenvalue weighted by atomic mass is 10.0. The minimum Gasteiger partial charge on any atom is -0.496 e. The van der Waals surface area contributed by atoms with Gasteiger partial charge < -0.3 is 9.47 Å². The average molecular weight is 365 g/mol. The Morgan fingerprint density at radius 2 is 1.81 bits per heavy atom. The van der Waals surface area contributed by atoms with Gasteiger partial charge in [0.2, 0.25) is 0 Å². The van der Waals surface area contributed by atoms with Gasteiger partial charge in [-0.15, -0.1) is 0 Å². The predicted molar refractivity (Wildman–Crippen MR) is 107 cm³/mol. The fourth-order valence-corrected chi connectivity index (χ4v) is 3.09. The van der Waals surface area contributed by atoms with E-state index >= 15 is 0 Å². The molecule has 0 saturated carbocycles. The van der Waals surface area contributed by atoms with Crippen LogP contribution in [0.25, 0.3) is 0 Å². The molecule has 0 aliphatic heterocycles. The van der Waals surface area contributed by atoms with Gasteiger partial charge in [-0.25, -0.2) is 0 Å². The zero-order valence-electron chi connectivity index (χ0n) is 16.2. The van der Waals surface area contributed by atoms with Crippen LogP contribution in [0, 0.1) is 6.92 Å². The van der Waals surface area contributed by atoms with Crippen molar-refractivity contribution >= 4 is 0 Å². The van der Waals surface area contributed by atoms with Gasteiger partial charge in [-0.05, 0) is 31.7 Å². The molecule has 5 nitrogen and oxygen atoms in total. The molecule has 27 heavy (non-hydrogen) atoms. The Labute approximate surface area is 160 Å². The minimum absolute atomic E-state index is 0.267. The summed E-state index contributed by atoms with van der Waals surface area (Å²) in [6.45, 7) is 4.30. The van der Waals surface area contributed by atoms with Crippen molar-refractivity contribution in [1.82, 2.24) is 15.1 Å². The van der Waals surface area contributed by atoms with Gasteiger partial charge in [0.1, 0.15) is 11.9 Å². The number of likely N-dealkylation sites (N-methyl/N-ethyl adjacent to an activating group) is 1. The Kier molecular flexibility index (Phi) is 6.63. The van der Waals surface area contributed by atoms with Crippen LogP contribution in [0.4, 0.5) is 0 Å². The molecule has 3 rings (SSSR count). The summed E-state index contributed by atoms with van der Waals surface area (Å²) in [5.41, 5.74) is 4.15. The number of benzene rings is 2. The number of rotatable bonds is 9. The maximum Gasteiger partial charge on any atom is 0.130 e. The van der Waals surface area contributed by atoms with E-state index in [-0.39, 0.29) is 6.10 Å². The second-order valence-corrected chi connectivity index (χ2v) is 6.69. The molecule has 142 valence electrons. The number of H-pyrrole nitrogens is 1. The molecule has 0 aliphatic carbocycles. The fraction of sp³-hybridized carbons (Fsp3) is 0.318. The largest absolute Gasteiger partial charge is 0.496 e. The minimum atomic E-state index is -0.267. The summed E-state index contributed by atoms with van der Waals surface area (Å²) in [6, 6.07) is 20.4. The standard InChI is InChI=1S/C22H27N3O2/c1-17-15-20(24-23-17)22(19-11-7-8-12-21(19)26-3)27-14-13-25(2)16-18-9-5-4-6-10-18/h4-12,15,22H,13-14,16H2,1-3H3,(H,23,24). The van der Waals surface area contributed by atoms with Crippen LogP contribution in [0.3, 0.4) is 0 Å². The molecule has 5 heteroatoms. The third-order valence-corrected chi connectivity index (χ3v) is 4.47. The number of aromatic nitrogens is 2. The number of para-hydroxylation sites is 1. The summed E-state index contributed by atoms with van der Waals surface area (Å²) in [6.07, 6.45) is -0.267. The van der Waals surface area contributed by atoms with Crippen LogP contribution in [0.5, 0.6) is 5.75 Å². The van der Waals surface area contributed by atoms with Crippen molar-refractivity contribution in [1.29, 1.82) is 0 Å². The van der Waals surface area contributed by atoms with Crippen LogP contribution in [0.2, 0.25) is 0 Å². The number of hydrogen-bond donors (Lipinski definition) is 1. The van der Waals surface area contributed by atoms with Gasteiger partial charge in [0.15, 0.2) is 0 Å². The van der Waals surface area contributed by atoms with Gasteiger partial charge >= 0.3 is 0 Å². The molecule has 0 fully saturated rings. The molecule has 3 aromatic rings. The normalized spacial score (nSPS) is 12.3. The van der Waals surface area contributed by atoms with E-state index < -0.39 is 0 Å². The third kappa shape index (κ3) is 5.18. The molecule has 1 unspecified atom stereocenters. The Hall–Kier alpha value is -2.63. The van der Waals surface area contributed by atoms with Crippen molar-refractivity contribution in [2.75, 3.05) is 27.3 Å². The average Bonchev–Trinajstić information content (AvgIpc) is 3.12. The lowest BCUT2D eigenvalue weighted by Gasteiger charge is -2.21. The molecular formula is C22H27N3O2. The molecular weight excluding hydrogens is 338 g/mol.